The summed E-state index contributed by atoms with van der Waals surface area (Å²) in [7, 11) is 0. The maximum Gasteiger partial charge on any atom is 0.119 e. The van der Waals surface area contributed by atoms with Gasteiger partial charge in [-0.15, -0.1) is 0 Å². The monoisotopic (exact) mass is 290 g/mol. The van der Waals surface area contributed by atoms with Crippen molar-refractivity contribution >= 4 is 6.08 Å². The minimum Gasteiger partial charge on any atom is -0.494 e. The molecule has 112 valence electrons. The molecule has 2 aromatic carbocycles. The van der Waals surface area contributed by atoms with Gasteiger partial charge in [-0.2, -0.15) is 0 Å². The first kappa shape index (κ1) is 15.9. The third-order valence-corrected chi connectivity index (χ3v) is 3.19. The van der Waals surface area contributed by atoms with E-state index in [0.717, 1.165) is 23.3 Å². The Morgan fingerprint density at radius 3 is 2.00 bits per heavy atom. The molecular weight excluding hydrogens is 268 g/mol. The van der Waals surface area contributed by atoms with Crippen molar-refractivity contribution in [3.8, 4) is 17.6 Å². The van der Waals surface area contributed by atoms with E-state index in [2.05, 4.69) is 55.2 Å². The van der Waals surface area contributed by atoms with Gasteiger partial charge >= 0.3 is 0 Å². The van der Waals surface area contributed by atoms with Crippen LogP contribution in [0.1, 0.15) is 43.4 Å². The number of allylic oxidation sites excluding steroid dienone is 1. The van der Waals surface area contributed by atoms with Gasteiger partial charge in [0, 0.05) is 11.1 Å². The van der Waals surface area contributed by atoms with E-state index in [4.69, 9.17) is 4.74 Å². The van der Waals surface area contributed by atoms with Crippen molar-refractivity contribution in [1.82, 2.24) is 0 Å². The standard InChI is InChI=1S/C21H22O/c1-3-5-6-7-18-8-10-19(11-9-18)12-13-20-14-16-21(17-15-20)22-4-2/h6-11,14-17H,3-5H2,1-2H3/b7-6+. The van der Waals surface area contributed by atoms with E-state index in [-0.39, 0.29) is 0 Å². The number of hydrogen-bond donors (Lipinski definition) is 0. The molecule has 1 heteroatoms. The van der Waals surface area contributed by atoms with Crippen LogP contribution >= 0.6 is 0 Å². The molecule has 0 atom stereocenters. The van der Waals surface area contributed by atoms with Crippen LogP contribution in [0.2, 0.25) is 0 Å². The van der Waals surface area contributed by atoms with Crippen LogP contribution in [0.4, 0.5) is 0 Å². The average molecular weight is 290 g/mol. The van der Waals surface area contributed by atoms with E-state index in [1.807, 2.05) is 31.2 Å². The molecule has 0 fully saturated rings. The molecule has 2 rings (SSSR count). The topological polar surface area (TPSA) is 9.23 Å². The molecule has 0 aliphatic rings. The lowest BCUT2D eigenvalue weighted by Gasteiger charge is -2.01. The van der Waals surface area contributed by atoms with Gasteiger partial charge in [-0.25, -0.2) is 0 Å². The second-order valence-electron chi connectivity index (χ2n) is 5.02. The highest BCUT2D eigenvalue weighted by atomic mass is 16.5. The van der Waals surface area contributed by atoms with Crippen LogP contribution in [0.25, 0.3) is 6.08 Å². The van der Waals surface area contributed by atoms with Gasteiger partial charge in [-0.3, -0.25) is 0 Å². The van der Waals surface area contributed by atoms with Crippen LogP contribution in [-0.2, 0) is 0 Å². The van der Waals surface area contributed by atoms with Gasteiger partial charge in [-0.1, -0.05) is 49.5 Å². The normalized spacial score (nSPS) is 10.3. The molecule has 0 aromatic heterocycles. The summed E-state index contributed by atoms with van der Waals surface area (Å²) in [5.74, 6) is 7.26. The summed E-state index contributed by atoms with van der Waals surface area (Å²) < 4.78 is 5.42. The summed E-state index contributed by atoms with van der Waals surface area (Å²) in [6.07, 6.45) is 6.68. The van der Waals surface area contributed by atoms with Gasteiger partial charge < -0.3 is 4.74 Å². The predicted octanol–water partition coefficient (Wildman–Crippen LogP) is 5.30. The molecule has 0 aliphatic heterocycles. The highest BCUT2D eigenvalue weighted by Gasteiger charge is 1.92. The lowest BCUT2D eigenvalue weighted by atomic mass is 10.1. The third kappa shape index (κ3) is 5.14. The van der Waals surface area contributed by atoms with Crippen molar-refractivity contribution in [2.24, 2.45) is 0 Å². The zero-order valence-electron chi connectivity index (χ0n) is 13.3. The van der Waals surface area contributed by atoms with E-state index in [0.29, 0.717) is 6.61 Å². The Kier molecular flexibility index (Phi) is 6.33. The molecular formula is C21H22O. The van der Waals surface area contributed by atoms with Crippen molar-refractivity contribution in [2.45, 2.75) is 26.7 Å². The average Bonchev–Trinajstić information content (AvgIpc) is 2.56. The minimum absolute atomic E-state index is 0.685. The summed E-state index contributed by atoms with van der Waals surface area (Å²) in [6.45, 7) is 4.85. The molecule has 0 unspecified atom stereocenters. The lowest BCUT2D eigenvalue weighted by Crippen LogP contribution is -1.90. The second kappa shape index (κ2) is 8.74. The van der Waals surface area contributed by atoms with Crippen LogP contribution in [-0.4, -0.2) is 6.61 Å². The van der Waals surface area contributed by atoms with Gasteiger partial charge in [-0.05, 0) is 55.3 Å². The molecule has 0 radical (unpaired) electrons. The van der Waals surface area contributed by atoms with E-state index in [1.54, 1.807) is 0 Å². The van der Waals surface area contributed by atoms with Crippen molar-refractivity contribution in [1.29, 1.82) is 0 Å². The van der Waals surface area contributed by atoms with Gasteiger partial charge in [0.05, 0.1) is 6.61 Å². The molecule has 0 saturated carbocycles. The molecule has 2 aromatic rings. The minimum atomic E-state index is 0.685. The predicted molar refractivity (Wildman–Crippen MR) is 94.0 cm³/mol. The Labute approximate surface area is 133 Å². The lowest BCUT2D eigenvalue weighted by molar-refractivity contribution is 0.340. The highest BCUT2D eigenvalue weighted by molar-refractivity contribution is 5.52. The van der Waals surface area contributed by atoms with Crippen molar-refractivity contribution < 1.29 is 4.74 Å². The molecule has 1 nitrogen and oxygen atoms in total. The Bertz CT molecular complexity index is 652. The molecule has 0 spiro atoms. The number of hydrogen-bond acceptors (Lipinski definition) is 1. The Balaban J connectivity index is 2.01. The number of rotatable bonds is 5. The summed E-state index contributed by atoms with van der Waals surface area (Å²) in [4.78, 5) is 0. The fourth-order valence-electron chi connectivity index (χ4n) is 2.01. The van der Waals surface area contributed by atoms with Crippen LogP contribution in [0.5, 0.6) is 5.75 Å². The Morgan fingerprint density at radius 1 is 0.864 bits per heavy atom. The van der Waals surface area contributed by atoms with Crippen LogP contribution in [0.15, 0.2) is 54.6 Å². The summed E-state index contributed by atoms with van der Waals surface area (Å²) in [5.41, 5.74) is 3.25. The zero-order valence-corrected chi connectivity index (χ0v) is 13.3. The zero-order chi connectivity index (χ0) is 15.6. The van der Waals surface area contributed by atoms with Gasteiger partial charge in [0.1, 0.15) is 5.75 Å². The molecule has 0 heterocycles. The van der Waals surface area contributed by atoms with Crippen LogP contribution in [0.3, 0.4) is 0 Å². The summed E-state index contributed by atoms with van der Waals surface area (Å²) >= 11 is 0. The number of benzene rings is 2. The smallest absolute Gasteiger partial charge is 0.119 e. The first-order chi connectivity index (χ1) is 10.8. The molecule has 22 heavy (non-hydrogen) atoms. The molecule has 0 bridgehead atoms. The fraction of sp³-hybridized carbons (Fsp3) is 0.238. The number of ether oxygens (including phenoxy) is 1. The van der Waals surface area contributed by atoms with Crippen molar-refractivity contribution in [3.63, 3.8) is 0 Å². The van der Waals surface area contributed by atoms with Crippen molar-refractivity contribution in [2.75, 3.05) is 6.61 Å². The maximum atomic E-state index is 5.42. The first-order valence-electron chi connectivity index (χ1n) is 7.83. The Hall–Kier alpha value is -2.46. The molecule has 0 saturated heterocycles. The fourth-order valence-corrected chi connectivity index (χ4v) is 2.01. The van der Waals surface area contributed by atoms with E-state index < -0.39 is 0 Å². The van der Waals surface area contributed by atoms with Gasteiger partial charge in [0.2, 0.25) is 0 Å². The quantitative estimate of drug-likeness (QED) is 0.679. The van der Waals surface area contributed by atoms with E-state index in [9.17, 15) is 0 Å². The SMILES string of the molecule is CCC/C=C/c1ccc(C#Cc2ccc(OCC)cc2)cc1. The molecule has 0 aliphatic carbocycles. The van der Waals surface area contributed by atoms with Crippen LogP contribution < -0.4 is 4.74 Å². The summed E-state index contributed by atoms with van der Waals surface area (Å²) in [6, 6.07) is 16.2. The second-order valence-corrected chi connectivity index (χ2v) is 5.02. The maximum absolute atomic E-state index is 5.42. The van der Waals surface area contributed by atoms with E-state index >= 15 is 0 Å². The number of unbranched alkanes of at least 4 members (excludes halogenated alkanes) is 1. The third-order valence-electron chi connectivity index (χ3n) is 3.19. The Morgan fingerprint density at radius 2 is 1.45 bits per heavy atom. The van der Waals surface area contributed by atoms with E-state index in [1.165, 1.54) is 12.0 Å². The molecule has 0 N–H and O–H groups in total. The van der Waals surface area contributed by atoms with Gasteiger partial charge in [0.25, 0.3) is 0 Å². The van der Waals surface area contributed by atoms with Gasteiger partial charge in [0.15, 0.2) is 0 Å². The molecule has 0 amide bonds. The first-order valence-corrected chi connectivity index (χ1v) is 7.83. The summed E-state index contributed by atoms with van der Waals surface area (Å²) in [5, 5.41) is 0. The van der Waals surface area contributed by atoms with Crippen molar-refractivity contribution in [3.05, 3.63) is 71.3 Å². The van der Waals surface area contributed by atoms with Crippen LogP contribution in [0, 0.1) is 11.8 Å². The highest BCUT2D eigenvalue weighted by Crippen LogP contribution is 2.11. The largest absolute Gasteiger partial charge is 0.494 e.